The van der Waals surface area contributed by atoms with Gasteiger partial charge in [0.05, 0.1) is 6.20 Å². The lowest BCUT2D eigenvalue weighted by Gasteiger charge is -2.19. The van der Waals surface area contributed by atoms with Crippen LogP contribution in [0.1, 0.15) is 31.3 Å². The third kappa shape index (κ3) is 3.36. The maximum absolute atomic E-state index is 11.5. The topological polar surface area (TPSA) is 78.1 Å². The molecule has 0 saturated carbocycles. The third-order valence-electron chi connectivity index (χ3n) is 1.36. The molecule has 0 atom stereocenters. The Morgan fingerprint density at radius 2 is 2.13 bits per heavy atom. The molecule has 0 spiro atoms. The third-order valence-corrected chi connectivity index (χ3v) is 1.54. The van der Waals surface area contributed by atoms with Gasteiger partial charge in [-0.05, 0) is 20.8 Å². The van der Waals surface area contributed by atoms with Crippen LogP contribution in [0.4, 0.5) is 5.82 Å². The van der Waals surface area contributed by atoms with E-state index >= 15 is 0 Å². The number of nitrogen functional groups attached to an aromatic ring is 1. The second kappa shape index (κ2) is 4.02. The van der Waals surface area contributed by atoms with Gasteiger partial charge in [0.2, 0.25) is 0 Å². The SMILES string of the molecule is CC(C)(C)OC(=O)c1ncc(Cl)nc1N. The molecule has 0 bridgehead atoms. The summed E-state index contributed by atoms with van der Waals surface area (Å²) >= 11 is 5.55. The molecule has 82 valence electrons. The predicted molar refractivity (Wildman–Crippen MR) is 56.6 cm³/mol. The number of hydrogen-bond donors (Lipinski definition) is 1. The average molecular weight is 230 g/mol. The van der Waals surface area contributed by atoms with Gasteiger partial charge in [0.25, 0.3) is 0 Å². The van der Waals surface area contributed by atoms with E-state index in [2.05, 4.69) is 9.97 Å². The van der Waals surface area contributed by atoms with Crippen molar-refractivity contribution in [1.82, 2.24) is 9.97 Å². The van der Waals surface area contributed by atoms with Crippen molar-refractivity contribution in [2.75, 3.05) is 5.73 Å². The smallest absolute Gasteiger partial charge is 0.361 e. The Kier molecular flexibility index (Phi) is 3.14. The van der Waals surface area contributed by atoms with Gasteiger partial charge in [-0.25, -0.2) is 14.8 Å². The number of rotatable bonds is 1. The number of esters is 1. The van der Waals surface area contributed by atoms with E-state index in [1.807, 2.05) is 0 Å². The molecule has 0 aliphatic carbocycles. The zero-order valence-corrected chi connectivity index (χ0v) is 9.50. The number of nitrogens with zero attached hydrogens (tertiary/aromatic N) is 2. The molecule has 1 aromatic rings. The first-order valence-electron chi connectivity index (χ1n) is 4.31. The minimum absolute atomic E-state index is 0.0191. The molecule has 0 aliphatic heterocycles. The Labute approximate surface area is 92.6 Å². The number of aromatic nitrogens is 2. The minimum atomic E-state index is -0.607. The lowest BCUT2D eigenvalue weighted by molar-refractivity contribution is 0.00638. The highest BCUT2D eigenvalue weighted by Gasteiger charge is 2.21. The van der Waals surface area contributed by atoms with Gasteiger partial charge in [-0.3, -0.25) is 0 Å². The summed E-state index contributed by atoms with van der Waals surface area (Å²) in [5.41, 5.74) is 4.87. The van der Waals surface area contributed by atoms with Crippen molar-refractivity contribution < 1.29 is 9.53 Å². The molecule has 0 aliphatic rings. The van der Waals surface area contributed by atoms with Crippen LogP contribution in [0.3, 0.4) is 0 Å². The summed E-state index contributed by atoms with van der Waals surface area (Å²) in [5.74, 6) is -0.638. The van der Waals surface area contributed by atoms with Crippen LogP contribution in [0.5, 0.6) is 0 Å². The highest BCUT2D eigenvalue weighted by molar-refractivity contribution is 6.29. The van der Waals surface area contributed by atoms with E-state index < -0.39 is 11.6 Å². The van der Waals surface area contributed by atoms with Gasteiger partial charge in [-0.2, -0.15) is 0 Å². The van der Waals surface area contributed by atoms with Crippen molar-refractivity contribution in [3.05, 3.63) is 17.0 Å². The van der Waals surface area contributed by atoms with Gasteiger partial charge in [-0.15, -0.1) is 0 Å². The summed E-state index contributed by atoms with van der Waals surface area (Å²) in [4.78, 5) is 19.0. The predicted octanol–water partition coefficient (Wildman–Crippen LogP) is 1.67. The first kappa shape index (κ1) is 11.7. The normalized spacial score (nSPS) is 11.2. The zero-order valence-electron chi connectivity index (χ0n) is 8.74. The molecule has 5 nitrogen and oxygen atoms in total. The van der Waals surface area contributed by atoms with Gasteiger partial charge >= 0.3 is 5.97 Å². The first-order chi connectivity index (χ1) is 6.79. The molecule has 0 saturated heterocycles. The fourth-order valence-electron chi connectivity index (χ4n) is 0.865. The maximum Gasteiger partial charge on any atom is 0.361 e. The second-order valence-electron chi connectivity index (χ2n) is 3.93. The number of halogens is 1. The van der Waals surface area contributed by atoms with E-state index in [0.717, 1.165) is 0 Å². The quantitative estimate of drug-likeness (QED) is 0.741. The van der Waals surface area contributed by atoms with Crippen molar-refractivity contribution in [2.45, 2.75) is 26.4 Å². The lowest BCUT2D eigenvalue weighted by atomic mass is 10.2. The molecule has 1 heterocycles. The van der Waals surface area contributed by atoms with E-state index in [-0.39, 0.29) is 16.7 Å². The molecule has 1 rings (SSSR count). The molecule has 0 fully saturated rings. The molecule has 1 aromatic heterocycles. The van der Waals surface area contributed by atoms with Crippen molar-refractivity contribution in [2.24, 2.45) is 0 Å². The Morgan fingerprint density at radius 3 is 2.60 bits per heavy atom. The highest BCUT2D eigenvalue weighted by atomic mass is 35.5. The standard InChI is InChI=1S/C9H12ClN3O2/c1-9(2,3)15-8(14)6-7(11)13-5(10)4-12-6/h4H,1-3H3,(H2,11,13). The molecule has 6 heteroatoms. The van der Waals surface area contributed by atoms with E-state index in [1.54, 1.807) is 20.8 Å². The van der Waals surface area contributed by atoms with Crippen molar-refractivity contribution in [3.8, 4) is 0 Å². The van der Waals surface area contributed by atoms with Crippen molar-refractivity contribution >= 4 is 23.4 Å². The summed E-state index contributed by atoms with van der Waals surface area (Å²) in [6.45, 7) is 5.26. The number of hydrogen-bond acceptors (Lipinski definition) is 5. The monoisotopic (exact) mass is 229 g/mol. The first-order valence-corrected chi connectivity index (χ1v) is 4.69. The van der Waals surface area contributed by atoms with Crippen LogP contribution in [0, 0.1) is 0 Å². The number of carbonyl (C=O) groups is 1. The van der Waals surface area contributed by atoms with Crippen LogP contribution in [-0.4, -0.2) is 21.5 Å². The Hall–Kier alpha value is -1.36. The van der Waals surface area contributed by atoms with Gasteiger partial charge in [0.15, 0.2) is 11.5 Å². The van der Waals surface area contributed by atoms with E-state index in [0.29, 0.717) is 0 Å². The molecule has 0 unspecified atom stereocenters. The summed E-state index contributed by atoms with van der Waals surface area (Å²) in [6, 6.07) is 0. The number of carbonyl (C=O) groups excluding carboxylic acids is 1. The van der Waals surface area contributed by atoms with Gasteiger partial charge in [0, 0.05) is 0 Å². The molecular weight excluding hydrogens is 218 g/mol. The Morgan fingerprint density at radius 1 is 1.53 bits per heavy atom. The molecule has 15 heavy (non-hydrogen) atoms. The number of anilines is 1. The molecule has 0 amide bonds. The number of nitrogens with two attached hydrogens (primary N) is 1. The van der Waals surface area contributed by atoms with Crippen LogP contribution in [0.15, 0.2) is 6.20 Å². The molecule has 0 aromatic carbocycles. The largest absolute Gasteiger partial charge is 0.455 e. The van der Waals surface area contributed by atoms with Gasteiger partial charge in [0.1, 0.15) is 10.8 Å². The maximum atomic E-state index is 11.5. The molecular formula is C9H12ClN3O2. The fraction of sp³-hybridized carbons (Fsp3) is 0.444. The fourth-order valence-corrected chi connectivity index (χ4v) is 1.00. The Balaban J connectivity index is 2.92. The summed E-state index contributed by atoms with van der Waals surface area (Å²) in [7, 11) is 0. The van der Waals surface area contributed by atoms with Gasteiger partial charge < -0.3 is 10.5 Å². The lowest BCUT2D eigenvalue weighted by Crippen LogP contribution is -2.25. The van der Waals surface area contributed by atoms with E-state index in [1.165, 1.54) is 6.20 Å². The summed E-state index contributed by atoms with van der Waals surface area (Å²) in [5, 5.41) is 0.139. The van der Waals surface area contributed by atoms with E-state index in [9.17, 15) is 4.79 Å². The van der Waals surface area contributed by atoms with Gasteiger partial charge in [-0.1, -0.05) is 11.6 Å². The minimum Gasteiger partial charge on any atom is -0.455 e. The second-order valence-corrected chi connectivity index (χ2v) is 4.32. The summed E-state index contributed by atoms with van der Waals surface area (Å²) < 4.78 is 5.08. The highest BCUT2D eigenvalue weighted by Crippen LogP contribution is 2.15. The van der Waals surface area contributed by atoms with E-state index in [4.69, 9.17) is 22.1 Å². The summed E-state index contributed by atoms with van der Waals surface area (Å²) in [6.07, 6.45) is 1.25. The van der Waals surface area contributed by atoms with Crippen LogP contribution in [0.2, 0.25) is 5.15 Å². The van der Waals surface area contributed by atoms with Crippen molar-refractivity contribution in [3.63, 3.8) is 0 Å². The number of ether oxygens (including phenoxy) is 1. The molecule has 2 N–H and O–H groups in total. The van der Waals surface area contributed by atoms with Crippen molar-refractivity contribution in [1.29, 1.82) is 0 Å². The Bertz CT molecular complexity index is 387. The average Bonchev–Trinajstić information content (AvgIpc) is 1.99. The van der Waals surface area contributed by atoms with Crippen LogP contribution in [-0.2, 0) is 4.74 Å². The van der Waals surface area contributed by atoms with Crippen LogP contribution in [0.25, 0.3) is 0 Å². The van der Waals surface area contributed by atoms with Crippen LogP contribution >= 0.6 is 11.6 Å². The molecule has 0 radical (unpaired) electrons. The zero-order chi connectivity index (χ0) is 11.6. The van der Waals surface area contributed by atoms with Crippen LogP contribution < -0.4 is 5.73 Å².